The third kappa shape index (κ3) is 3.20. The first kappa shape index (κ1) is 13.7. The van der Waals surface area contributed by atoms with Crippen molar-refractivity contribution in [2.45, 2.75) is 6.18 Å². The van der Waals surface area contributed by atoms with Gasteiger partial charge < -0.3 is 11.1 Å². The molecule has 0 fully saturated rings. The third-order valence-electron chi connectivity index (χ3n) is 2.52. The van der Waals surface area contributed by atoms with Crippen LogP contribution >= 0.6 is 15.9 Å². The zero-order chi connectivity index (χ0) is 14.0. The average Bonchev–Trinajstić information content (AvgIpc) is 2.33. The second kappa shape index (κ2) is 5.13. The highest BCUT2D eigenvalue weighted by Crippen LogP contribution is 2.35. The summed E-state index contributed by atoms with van der Waals surface area (Å²) in [5.41, 5.74) is 6.36. The SMILES string of the molecule is Nc1ccccc1Nc1cc(C(F)(F)F)ccc1Br. The summed E-state index contributed by atoms with van der Waals surface area (Å²) in [4.78, 5) is 0. The average molecular weight is 331 g/mol. The molecule has 2 nitrogen and oxygen atoms in total. The maximum absolute atomic E-state index is 12.6. The van der Waals surface area contributed by atoms with Gasteiger partial charge in [-0.25, -0.2) is 0 Å². The zero-order valence-electron chi connectivity index (χ0n) is 9.63. The molecular weight excluding hydrogens is 321 g/mol. The van der Waals surface area contributed by atoms with Gasteiger partial charge in [0.15, 0.2) is 0 Å². The van der Waals surface area contributed by atoms with Gasteiger partial charge in [0.05, 0.1) is 22.6 Å². The first-order valence-electron chi connectivity index (χ1n) is 5.36. The van der Waals surface area contributed by atoms with Crippen LogP contribution in [0.5, 0.6) is 0 Å². The maximum Gasteiger partial charge on any atom is 0.416 e. The lowest BCUT2D eigenvalue weighted by Gasteiger charge is -2.13. The molecule has 0 aliphatic rings. The van der Waals surface area contributed by atoms with E-state index in [-0.39, 0.29) is 0 Å². The molecule has 3 N–H and O–H groups in total. The Morgan fingerprint density at radius 1 is 1.00 bits per heavy atom. The lowest BCUT2D eigenvalue weighted by molar-refractivity contribution is -0.137. The van der Waals surface area contributed by atoms with Crippen molar-refractivity contribution >= 4 is 33.0 Å². The Bertz CT molecular complexity index is 597. The predicted molar refractivity (Wildman–Crippen MR) is 73.3 cm³/mol. The van der Waals surface area contributed by atoms with Crippen molar-refractivity contribution in [1.29, 1.82) is 0 Å². The highest BCUT2D eigenvalue weighted by molar-refractivity contribution is 9.10. The van der Waals surface area contributed by atoms with Gasteiger partial charge in [0, 0.05) is 4.47 Å². The topological polar surface area (TPSA) is 38.0 Å². The molecule has 0 atom stereocenters. The number of hydrogen-bond donors (Lipinski definition) is 2. The molecule has 2 aromatic rings. The van der Waals surface area contributed by atoms with Gasteiger partial charge in [-0.05, 0) is 46.3 Å². The standard InChI is InChI=1S/C13H10BrF3N2/c14-9-6-5-8(13(15,16)17)7-12(9)19-11-4-2-1-3-10(11)18/h1-7,19H,18H2. The van der Waals surface area contributed by atoms with E-state index in [1.165, 1.54) is 6.07 Å². The van der Waals surface area contributed by atoms with Crippen molar-refractivity contribution in [2.75, 3.05) is 11.1 Å². The summed E-state index contributed by atoms with van der Waals surface area (Å²) in [6.45, 7) is 0. The Kier molecular flexibility index (Phi) is 3.71. The van der Waals surface area contributed by atoms with E-state index in [0.29, 0.717) is 21.5 Å². The van der Waals surface area contributed by atoms with Crippen LogP contribution < -0.4 is 11.1 Å². The first-order chi connectivity index (χ1) is 8.88. The summed E-state index contributed by atoms with van der Waals surface area (Å²) in [6.07, 6.45) is -4.38. The highest BCUT2D eigenvalue weighted by atomic mass is 79.9. The summed E-state index contributed by atoms with van der Waals surface area (Å²) < 4.78 is 38.5. The molecule has 19 heavy (non-hydrogen) atoms. The molecular formula is C13H10BrF3N2. The molecule has 0 aromatic heterocycles. The van der Waals surface area contributed by atoms with E-state index >= 15 is 0 Å². The van der Waals surface area contributed by atoms with E-state index in [2.05, 4.69) is 21.2 Å². The molecule has 0 unspecified atom stereocenters. The van der Waals surface area contributed by atoms with Crippen LogP contribution in [0, 0.1) is 0 Å². The Hall–Kier alpha value is -1.69. The van der Waals surface area contributed by atoms with Gasteiger partial charge in [-0.2, -0.15) is 13.2 Å². The monoisotopic (exact) mass is 330 g/mol. The number of nitrogen functional groups attached to an aromatic ring is 1. The molecule has 0 amide bonds. The molecule has 0 saturated carbocycles. The highest BCUT2D eigenvalue weighted by Gasteiger charge is 2.30. The van der Waals surface area contributed by atoms with Gasteiger partial charge >= 0.3 is 6.18 Å². The Morgan fingerprint density at radius 2 is 1.68 bits per heavy atom. The van der Waals surface area contributed by atoms with Gasteiger partial charge in [-0.15, -0.1) is 0 Å². The smallest absolute Gasteiger partial charge is 0.397 e. The molecule has 0 bridgehead atoms. The second-order valence-electron chi connectivity index (χ2n) is 3.90. The summed E-state index contributed by atoms with van der Waals surface area (Å²) in [6, 6.07) is 10.3. The number of nitrogens with one attached hydrogen (secondary N) is 1. The fraction of sp³-hybridized carbons (Fsp3) is 0.0769. The number of benzene rings is 2. The normalized spacial score (nSPS) is 11.4. The van der Waals surface area contributed by atoms with E-state index < -0.39 is 11.7 Å². The van der Waals surface area contributed by atoms with Crippen LogP contribution in [0.4, 0.5) is 30.2 Å². The van der Waals surface area contributed by atoms with Crippen molar-refractivity contribution in [3.63, 3.8) is 0 Å². The van der Waals surface area contributed by atoms with Gasteiger partial charge in [-0.1, -0.05) is 12.1 Å². The lowest BCUT2D eigenvalue weighted by atomic mass is 10.2. The Balaban J connectivity index is 2.38. The molecule has 2 rings (SSSR count). The summed E-state index contributed by atoms with van der Waals surface area (Å²) >= 11 is 3.21. The van der Waals surface area contributed by atoms with E-state index in [0.717, 1.165) is 12.1 Å². The maximum atomic E-state index is 12.6. The molecule has 6 heteroatoms. The fourth-order valence-corrected chi connectivity index (χ4v) is 1.90. The Morgan fingerprint density at radius 3 is 2.32 bits per heavy atom. The minimum atomic E-state index is -4.38. The largest absolute Gasteiger partial charge is 0.416 e. The van der Waals surface area contributed by atoms with Crippen LogP contribution in [0.1, 0.15) is 5.56 Å². The van der Waals surface area contributed by atoms with E-state index in [1.807, 2.05) is 0 Å². The minimum Gasteiger partial charge on any atom is -0.397 e. The van der Waals surface area contributed by atoms with Gasteiger partial charge in [-0.3, -0.25) is 0 Å². The summed E-state index contributed by atoms with van der Waals surface area (Å²) in [7, 11) is 0. The third-order valence-corrected chi connectivity index (χ3v) is 3.22. The summed E-state index contributed by atoms with van der Waals surface area (Å²) in [5, 5.41) is 2.88. The predicted octanol–water partition coefficient (Wildman–Crippen LogP) is 4.79. The molecule has 0 aliphatic heterocycles. The number of hydrogen-bond acceptors (Lipinski definition) is 2. The van der Waals surface area contributed by atoms with Crippen LogP contribution in [0.2, 0.25) is 0 Å². The van der Waals surface area contributed by atoms with Gasteiger partial charge in [0.25, 0.3) is 0 Å². The molecule has 0 saturated heterocycles. The van der Waals surface area contributed by atoms with Gasteiger partial charge in [0.2, 0.25) is 0 Å². The van der Waals surface area contributed by atoms with Crippen molar-refractivity contribution < 1.29 is 13.2 Å². The van der Waals surface area contributed by atoms with E-state index in [9.17, 15) is 13.2 Å². The van der Waals surface area contributed by atoms with Crippen LogP contribution in [0.15, 0.2) is 46.9 Å². The number of rotatable bonds is 2. The number of halogens is 4. The molecule has 0 radical (unpaired) electrons. The van der Waals surface area contributed by atoms with Crippen molar-refractivity contribution in [2.24, 2.45) is 0 Å². The zero-order valence-corrected chi connectivity index (χ0v) is 11.2. The molecule has 2 aromatic carbocycles. The van der Waals surface area contributed by atoms with Crippen molar-refractivity contribution in [3.8, 4) is 0 Å². The molecule has 0 spiro atoms. The number of para-hydroxylation sites is 2. The van der Waals surface area contributed by atoms with Crippen LogP contribution in [-0.4, -0.2) is 0 Å². The van der Waals surface area contributed by atoms with E-state index in [4.69, 9.17) is 5.73 Å². The van der Waals surface area contributed by atoms with Crippen LogP contribution in [0.3, 0.4) is 0 Å². The van der Waals surface area contributed by atoms with Crippen molar-refractivity contribution in [1.82, 2.24) is 0 Å². The fourth-order valence-electron chi connectivity index (χ4n) is 1.55. The molecule has 0 heterocycles. The van der Waals surface area contributed by atoms with Crippen LogP contribution in [0.25, 0.3) is 0 Å². The number of alkyl halides is 3. The summed E-state index contributed by atoms with van der Waals surface area (Å²) in [5.74, 6) is 0. The van der Waals surface area contributed by atoms with Crippen molar-refractivity contribution in [3.05, 3.63) is 52.5 Å². The van der Waals surface area contributed by atoms with Gasteiger partial charge in [0.1, 0.15) is 0 Å². The number of nitrogens with two attached hydrogens (primary N) is 1. The quantitative estimate of drug-likeness (QED) is 0.776. The van der Waals surface area contributed by atoms with E-state index in [1.54, 1.807) is 24.3 Å². The lowest BCUT2D eigenvalue weighted by Crippen LogP contribution is -2.06. The second-order valence-corrected chi connectivity index (χ2v) is 4.76. The number of anilines is 3. The Labute approximate surface area is 116 Å². The first-order valence-corrected chi connectivity index (χ1v) is 6.15. The molecule has 0 aliphatic carbocycles. The molecule has 100 valence electrons. The minimum absolute atomic E-state index is 0.313. The van der Waals surface area contributed by atoms with Crippen LogP contribution in [-0.2, 0) is 6.18 Å².